The second-order valence-corrected chi connectivity index (χ2v) is 9.85. The predicted molar refractivity (Wildman–Crippen MR) is 161 cm³/mol. The molecule has 8 rings (SSSR count). The maximum absolute atomic E-state index is 10.4. The van der Waals surface area contributed by atoms with Crippen molar-refractivity contribution < 1.29 is 0 Å². The van der Waals surface area contributed by atoms with E-state index < -0.39 is 0 Å². The van der Waals surface area contributed by atoms with Crippen molar-refractivity contribution in [1.29, 1.82) is 5.26 Å². The summed E-state index contributed by atoms with van der Waals surface area (Å²) in [4.78, 5) is 13.9. The maximum Gasteiger partial charge on any atom is 0.235 e. The Morgan fingerprint density at radius 3 is 1.82 bits per heavy atom. The zero-order valence-corrected chi connectivity index (χ0v) is 21.3. The van der Waals surface area contributed by atoms with Crippen molar-refractivity contribution in [1.82, 2.24) is 19.5 Å². The van der Waals surface area contributed by atoms with E-state index >= 15 is 0 Å². The van der Waals surface area contributed by atoms with Gasteiger partial charge in [0.15, 0.2) is 0 Å². The summed E-state index contributed by atoms with van der Waals surface area (Å²) in [5, 5.41) is 14.9. The summed E-state index contributed by atoms with van der Waals surface area (Å²) in [6.07, 6.45) is 0. The first kappa shape index (κ1) is 22.3. The number of nitrogens with one attached hydrogen (secondary N) is 1. The standard InChI is InChI=1S/C35H21N5/c36-21-28-31(22-11-3-1-4-12-22)38-35(39-32(28)23-13-5-2-6-14-23)40-30-18-10-8-16-25(30)27-20-19-26-24-15-7-9-17-29(24)37-33(26)34(27)40/h1-20,37H. The van der Waals surface area contributed by atoms with Gasteiger partial charge in [0.25, 0.3) is 0 Å². The molecule has 0 saturated carbocycles. The lowest BCUT2D eigenvalue weighted by molar-refractivity contribution is 0.993. The zero-order valence-electron chi connectivity index (χ0n) is 21.3. The van der Waals surface area contributed by atoms with Gasteiger partial charge >= 0.3 is 0 Å². The number of H-pyrrole nitrogens is 1. The maximum atomic E-state index is 10.4. The Labute approximate surface area is 229 Å². The molecule has 40 heavy (non-hydrogen) atoms. The molecule has 0 spiro atoms. The Morgan fingerprint density at radius 2 is 1.15 bits per heavy atom. The van der Waals surface area contributed by atoms with Crippen molar-refractivity contribution in [3.63, 3.8) is 0 Å². The minimum Gasteiger partial charge on any atom is -0.353 e. The van der Waals surface area contributed by atoms with E-state index in [1.54, 1.807) is 0 Å². The molecule has 5 aromatic carbocycles. The molecular weight excluding hydrogens is 490 g/mol. The molecule has 5 nitrogen and oxygen atoms in total. The monoisotopic (exact) mass is 511 g/mol. The number of hydrogen-bond acceptors (Lipinski definition) is 3. The number of rotatable bonds is 3. The number of aromatic amines is 1. The van der Waals surface area contributed by atoms with Gasteiger partial charge in [-0.1, -0.05) is 109 Å². The van der Waals surface area contributed by atoms with E-state index in [1.807, 2.05) is 72.8 Å². The van der Waals surface area contributed by atoms with E-state index in [4.69, 9.17) is 9.97 Å². The van der Waals surface area contributed by atoms with Crippen molar-refractivity contribution >= 4 is 43.6 Å². The van der Waals surface area contributed by atoms with Crippen LogP contribution in [0.5, 0.6) is 0 Å². The van der Waals surface area contributed by atoms with Crippen molar-refractivity contribution in [2.45, 2.75) is 0 Å². The number of benzene rings is 5. The third-order valence-electron chi connectivity index (χ3n) is 7.62. The molecule has 0 aliphatic carbocycles. The molecule has 8 aromatic rings. The van der Waals surface area contributed by atoms with Gasteiger partial charge < -0.3 is 4.98 Å². The zero-order chi connectivity index (χ0) is 26.6. The van der Waals surface area contributed by atoms with Gasteiger partial charge in [0.1, 0.15) is 11.6 Å². The first-order chi connectivity index (χ1) is 19.8. The van der Waals surface area contributed by atoms with Crippen LogP contribution >= 0.6 is 0 Å². The summed E-state index contributed by atoms with van der Waals surface area (Å²) >= 11 is 0. The van der Waals surface area contributed by atoms with Gasteiger partial charge in [-0.3, -0.25) is 4.57 Å². The highest BCUT2D eigenvalue weighted by Gasteiger charge is 2.23. The van der Waals surface area contributed by atoms with E-state index in [-0.39, 0.29) is 0 Å². The number of hydrogen-bond donors (Lipinski definition) is 1. The first-order valence-corrected chi connectivity index (χ1v) is 13.2. The van der Waals surface area contributed by atoms with Crippen molar-refractivity contribution in [3.8, 4) is 34.5 Å². The fourth-order valence-electron chi connectivity index (χ4n) is 5.84. The van der Waals surface area contributed by atoms with Gasteiger partial charge in [0, 0.05) is 38.2 Å². The van der Waals surface area contributed by atoms with Crippen molar-refractivity contribution in [2.24, 2.45) is 0 Å². The number of para-hydroxylation sites is 2. The Morgan fingerprint density at radius 1 is 0.575 bits per heavy atom. The predicted octanol–water partition coefficient (Wildman–Crippen LogP) is 8.41. The van der Waals surface area contributed by atoms with Crippen molar-refractivity contribution in [3.05, 3.63) is 127 Å². The minimum absolute atomic E-state index is 0.456. The molecule has 0 saturated heterocycles. The molecule has 0 atom stereocenters. The summed E-state index contributed by atoms with van der Waals surface area (Å²) in [5.41, 5.74) is 7.56. The molecule has 0 fully saturated rings. The molecule has 3 aromatic heterocycles. The first-order valence-electron chi connectivity index (χ1n) is 13.2. The van der Waals surface area contributed by atoms with Crippen LogP contribution in [0.15, 0.2) is 121 Å². The largest absolute Gasteiger partial charge is 0.353 e. The second-order valence-electron chi connectivity index (χ2n) is 9.85. The molecule has 0 bridgehead atoms. The fourth-order valence-corrected chi connectivity index (χ4v) is 5.84. The topological polar surface area (TPSA) is 70.3 Å². The molecule has 186 valence electrons. The average molecular weight is 512 g/mol. The van der Waals surface area contributed by atoms with Gasteiger partial charge in [-0.15, -0.1) is 0 Å². The molecule has 0 aliphatic heterocycles. The lowest BCUT2D eigenvalue weighted by Crippen LogP contribution is -2.07. The van der Waals surface area contributed by atoms with Gasteiger partial charge in [-0.05, 0) is 12.1 Å². The summed E-state index contributed by atoms with van der Waals surface area (Å²) in [7, 11) is 0. The summed E-state index contributed by atoms with van der Waals surface area (Å²) in [6.45, 7) is 0. The van der Waals surface area contributed by atoms with Crippen LogP contribution < -0.4 is 0 Å². The third kappa shape index (κ3) is 3.20. The van der Waals surface area contributed by atoms with E-state index in [2.05, 4.69) is 64.2 Å². The Bertz CT molecular complexity index is 2210. The van der Waals surface area contributed by atoms with Crippen molar-refractivity contribution in [2.75, 3.05) is 0 Å². The third-order valence-corrected chi connectivity index (χ3v) is 7.62. The molecule has 0 aliphatic rings. The van der Waals surface area contributed by atoms with Crippen LogP contribution in [0.25, 0.3) is 72.1 Å². The van der Waals surface area contributed by atoms with E-state index in [0.29, 0.717) is 22.9 Å². The highest BCUT2D eigenvalue weighted by Crippen LogP contribution is 2.39. The number of nitriles is 1. The number of nitrogens with zero attached hydrogens (tertiary/aromatic N) is 4. The molecule has 0 amide bonds. The van der Waals surface area contributed by atoms with Crippen LogP contribution in [-0.2, 0) is 0 Å². The molecular formula is C35H21N5. The molecule has 0 unspecified atom stereocenters. The van der Waals surface area contributed by atoms with Crippen LogP contribution in [0.3, 0.4) is 0 Å². The summed E-state index contributed by atoms with van der Waals surface area (Å²) in [6, 6.07) is 43.3. The number of fused-ring (bicyclic) bond motifs is 7. The van der Waals surface area contributed by atoms with Gasteiger partial charge in [-0.25, -0.2) is 9.97 Å². The smallest absolute Gasteiger partial charge is 0.235 e. The lowest BCUT2D eigenvalue weighted by atomic mass is 10.0. The normalized spacial score (nSPS) is 11.5. The van der Waals surface area contributed by atoms with E-state index in [9.17, 15) is 5.26 Å². The highest BCUT2D eigenvalue weighted by atomic mass is 15.2. The summed E-state index contributed by atoms with van der Waals surface area (Å²) in [5.74, 6) is 0.522. The Kier molecular flexibility index (Phi) is 4.82. The quantitative estimate of drug-likeness (QED) is 0.259. The minimum atomic E-state index is 0.456. The van der Waals surface area contributed by atoms with Gasteiger partial charge in [0.05, 0.1) is 27.9 Å². The molecule has 1 N–H and O–H groups in total. The second kappa shape index (κ2) is 8.65. The lowest BCUT2D eigenvalue weighted by Gasteiger charge is -2.14. The molecule has 0 radical (unpaired) electrons. The van der Waals surface area contributed by atoms with Crippen LogP contribution in [0, 0.1) is 11.3 Å². The van der Waals surface area contributed by atoms with Gasteiger partial charge in [0.2, 0.25) is 5.95 Å². The SMILES string of the molecule is N#Cc1c(-c2ccccc2)nc(-n2c3ccccc3c3ccc4c5ccccc5[nH]c4c32)nc1-c1ccccc1. The average Bonchev–Trinajstić information content (AvgIpc) is 3.57. The fraction of sp³-hybridized carbons (Fsp3) is 0. The van der Waals surface area contributed by atoms with Crippen LogP contribution in [-0.4, -0.2) is 19.5 Å². The van der Waals surface area contributed by atoms with Crippen LogP contribution in [0.1, 0.15) is 5.56 Å². The summed E-state index contributed by atoms with van der Waals surface area (Å²) < 4.78 is 2.14. The van der Waals surface area contributed by atoms with E-state index in [0.717, 1.165) is 49.4 Å². The van der Waals surface area contributed by atoms with Crippen LogP contribution in [0.2, 0.25) is 0 Å². The van der Waals surface area contributed by atoms with Gasteiger partial charge in [-0.2, -0.15) is 5.26 Å². The highest BCUT2D eigenvalue weighted by molar-refractivity contribution is 6.22. The Balaban J connectivity index is 1.56. The molecule has 5 heteroatoms. The molecule has 3 heterocycles. The van der Waals surface area contributed by atoms with E-state index in [1.165, 1.54) is 5.39 Å². The Hall–Kier alpha value is -5.73. The van der Waals surface area contributed by atoms with Crippen LogP contribution in [0.4, 0.5) is 0 Å². The number of aromatic nitrogens is 4.